The van der Waals surface area contributed by atoms with Crippen molar-refractivity contribution in [3.63, 3.8) is 0 Å². The summed E-state index contributed by atoms with van der Waals surface area (Å²) in [5, 5.41) is 1.35. The molecule has 0 aliphatic carbocycles. The average Bonchev–Trinajstić information content (AvgIpc) is 3.18. The van der Waals surface area contributed by atoms with E-state index in [1.807, 2.05) is 37.3 Å². The lowest BCUT2D eigenvalue weighted by Gasteiger charge is -2.29. The first kappa shape index (κ1) is 21.1. The van der Waals surface area contributed by atoms with E-state index in [0.29, 0.717) is 28.0 Å². The van der Waals surface area contributed by atoms with Crippen molar-refractivity contribution in [2.45, 2.75) is 6.92 Å². The molecule has 0 radical (unpaired) electrons. The first-order valence-electron chi connectivity index (χ1n) is 9.88. The number of hydrogen-bond acceptors (Lipinski definition) is 6. The molecule has 2 heterocycles. The number of amides is 1. The molecule has 1 aliphatic heterocycles. The van der Waals surface area contributed by atoms with Gasteiger partial charge in [-0.25, -0.2) is 4.98 Å². The SMILES string of the molecule is COc1cccc(C(=O)N(CCN2CCOCC2)c2nc3c(C)cc(Cl)cc3s2)c1. The lowest BCUT2D eigenvalue weighted by atomic mass is 10.2. The number of ether oxygens (including phenoxy) is 2. The van der Waals surface area contributed by atoms with Crippen LogP contribution in [0.15, 0.2) is 36.4 Å². The maximum absolute atomic E-state index is 13.5. The van der Waals surface area contributed by atoms with Crippen molar-refractivity contribution >= 4 is 44.2 Å². The molecular formula is C22H24ClN3O3S. The van der Waals surface area contributed by atoms with E-state index < -0.39 is 0 Å². The third-order valence-electron chi connectivity index (χ3n) is 5.18. The summed E-state index contributed by atoms with van der Waals surface area (Å²) in [7, 11) is 1.60. The molecule has 0 bridgehead atoms. The Kier molecular flexibility index (Phi) is 6.53. The van der Waals surface area contributed by atoms with E-state index in [1.165, 1.54) is 11.3 Å². The quantitative estimate of drug-likeness (QED) is 0.567. The van der Waals surface area contributed by atoms with Crippen LogP contribution < -0.4 is 9.64 Å². The van der Waals surface area contributed by atoms with Gasteiger partial charge < -0.3 is 9.47 Å². The highest BCUT2D eigenvalue weighted by molar-refractivity contribution is 7.22. The van der Waals surface area contributed by atoms with Gasteiger partial charge in [0.1, 0.15) is 5.75 Å². The molecule has 1 amide bonds. The van der Waals surface area contributed by atoms with E-state index in [1.54, 1.807) is 18.1 Å². The van der Waals surface area contributed by atoms with Crippen LogP contribution in [0.2, 0.25) is 5.02 Å². The molecule has 1 aromatic heterocycles. The number of fused-ring (bicyclic) bond motifs is 1. The molecule has 8 heteroatoms. The van der Waals surface area contributed by atoms with Gasteiger partial charge in [0.2, 0.25) is 0 Å². The Balaban J connectivity index is 1.67. The monoisotopic (exact) mass is 445 g/mol. The van der Waals surface area contributed by atoms with Gasteiger partial charge in [-0.05, 0) is 42.8 Å². The van der Waals surface area contributed by atoms with E-state index in [2.05, 4.69) is 4.90 Å². The number of morpholine rings is 1. The highest BCUT2D eigenvalue weighted by atomic mass is 35.5. The molecule has 1 fully saturated rings. The van der Waals surface area contributed by atoms with Gasteiger partial charge in [-0.1, -0.05) is 29.0 Å². The Morgan fingerprint density at radius 1 is 1.30 bits per heavy atom. The minimum absolute atomic E-state index is 0.0926. The summed E-state index contributed by atoms with van der Waals surface area (Å²) < 4.78 is 11.7. The number of anilines is 1. The Labute approximate surface area is 185 Å². The van der Waals surface area contributed by atoms with Crippen LogP contribution in [0.4, 0.5) is 5.13 Å². The maximum atomic E-state index is 13.5. The molecule has 0 spiro atoms. The van der Waals surface area contributed by atoms with Crippen LogP contribution in [-0.4, -0.2) is 62.3 Å². The number of thiazole rings is 1. The molecule has 1 aliphatic rings. The van der Waals surface area contributed by atoms with Crippen LogP contribution in [0.5, 0.6) is 5.75 Å². The number of methoxy groups -OCH3 is 1. The van der Waals surface area contributed by atoms with Crippen molar-refractivity contribution < 1.29 is 14.3 Å². The fourth-order valence-electron chi connectivity index (χ4n) is 3.52. The third-order valence-corrected chi connectivity index (χ3v) is 6.42. The largest absolute Gasteiger partial charge is 0.497 e. The average molecular weight is 446 g/mol. The van der Waals surface area contributed by atoms with E-state index in [9.17, 15) is 4.79 Å². The van der Waals surface area contributed by atoms with Gasteiger partial charge in [0.25, 0.3) is 5.91 Å². The van der Waals surface area contributed by atoms with Crippen molar-refractivity contribution in [3.05, 3.63) is 52.5 Å². The fourth-order valence-corrected chi connectivity index (χ4v) is 4.96. The van der Waals surface area contributed by atoms with Gasteiger partial charge in [0.05, 0.1) is 30.5 Å². The molecule has 6 nitrogen and oxygen atoms in total. The zero-order chi connectivity index (χ0) is 21.1. The number of hydrogen-bond donors (Lipinski definition) is 0. The molecule has 3 aromatic rings. The van der Waals surface area contributed by atoms with Crippen LogP contribution in [0.3, 0.4) is 0 Å². The highest BCUT2D eigenvalue weighted by Gasteiger charge is 2.23. The maximum Gasteiger partial charge on any atom is 0.260 e. The minimum atomic E-state index is -0.0926. The topological polar surface area (TPSA) is 54.9 Å². The number of benzene rings is 2. The molecule has 2 aromatic carbocycles. The smallest absolute Gasteiger partial charge is 0.260 e. The molecule has 0 N–H and O–H groups in total. The predicted octanol–water partition coefficient (Wildman–Crippen LogP) is 4.25. The van der Waals surface area contributed by atoms with Crippen LogP contribution in [0.1, 0.15) is 15.9 Å². The molecule has 4 rings (SSSR count). The van der Waals surface area contributed by atoms with Crippen molar-refractivity contribution in [2.24, 2.45) is 0 Å². The van der Waals surface area contributed by atoms with Crippen LogP contribution >= 0.6 is 22.9 Å². The first-order valence-corrected chi connectivity index (χ1v) is 11.1. The van der Waals surface area contributed by atoms with E-state index >= 15 is 0 Å². The summed E-state index contributed by atoms with van der Waals surface area (Å²) in [6.45, 7) is 6.48. The summed E-state index contributed by atoms with van der Waals surface area (Å²) in [6, 6.07) is 11.0. The summed E-state index contributed by atoms with van der Waals surface area (Å²) in [4.78, 5) is 22.4. The second kappa shape index (κ2) is 9.31. The number of carbonyl (C=O) groups excluding carboxylic acids is 1. The molecule has 0 saturated carbocycles. The number of carbonyl (C=O) groups is 1. The zero-order valence-corrected chi connectivity index (χ0v) is 18.6. The Hall–Kier alpha value is -2.19. The summed E-state index contributed by atoms with van der Waals surface area (Å²) >= 11 is 7.72. The van der Waals surface area contributed by atoms with E-state index in [4.69, 9.17) is 26.1 Å². The van der Waals surface area contributed by atoms with Crippen molar-refractivity contribution in [1.82, 2.24) is 9.88 Å². The summed E-state index contributed by atoms with van der Waals surface area (Å²) in [5.41, 5.74) is 2.46. The first-order chi connectivity index (χ1) is 14.5. The summed E-state index contributed by atoms with van der Waals surface area (Å²) in [5.74, 6) is 0.561. The fraction of sp³-hybridized carbons (Fsp3) is 0.364. The lowest BCUT2D eigenvalue weighted by Crippen LogP contribution is -2.43. The number of aromatic nitrogens is 1. The second-order valence-electron chi connectivity index (χ2n) is 7.21. The van der Waals surface area contributed by atoms with Crippen molar-refractivity contribution in [3.8, 4) is 5.75 Å². The molecule has 158 valence electrons. The number of nitrogens with zero attached hydrogens (tertiary/aromatic N) is 3. The lowest BCUT2D eigenvalue weighted by molar-refractivity contribution is 0.0391. The second-order valence-corrected chi connectivity index (χ2v) is 8.65. The van der Waals surface area contributed by atoms with Crippen LogP contribution in [0, 0.1) is 6.92 Å². The Morgan fingerprint density at radius 2 is 2.10 bits per heavy atom. The van der Waals surface area contributed by atoms with Gasteiger partial charge in [0, 0.05) is 36.8 Å². The number of rotatable bonds is 6. The van der Waals surface area contributed by atoms with Crippen molar-refractivity contribution in [2.75, 3.05) is 51.4 Å². The predicted molar refractivity (Wildman–Crippen MR) is 121 cm³/mol. The molecule has 0 atom stereocenters. The molecular weight excluding hydrogens is 422 g/mol. The van der Waals surface area contributed by atoms with Gasteiger partial charge in [-0.3, -0.25) is 14.6 Å². The molecule has 0 unspecified atom stereocenters. The number of halogens is 1. The van der Waals surface area contributed by atoms with E-state index in [-0.39, 0.29) is 5.91 Å². The van der Waals surface area contributed by atoms with Crippen molar-refractivity contribution in [1.29, 1.82) is 0 Å². The van der Waals surface area contributed by atoms with Gasteiger partial charge in [-0.15, -0.1) is 0 Å². The molecule has 1 saturated heterocycles. The van der Waals surface area contributed by atoms with Gasteiger partial charge >= 0.3 is 0 Å². The van der Waals surface area contributed by atoms with Crippen LogP contribution in [-0.2, 0) is 4.74 Å². The standard InChI is InChI=1S/C22H24ClN3O3S/c1-15-12-17(23)14-19-20(15)24-22(30-19)26(7-6-25-8-10-29-11-9-25)21(27)16-4-3-5-18(13-16)28-2/h3-5,12-14H,6-11H2,1-2H3. The molecule has 30 heavy (non-hydrogen) atoms. The minimum Gasteiger partial charge on any atom is -0.497 e. The number of aryl methyl sites for hydroxylation is 1. The zero-order valence-electron chi connectivity index (χ0n) is 17.1. The van der Waals surface area contributed by atoms with Crippen LogP contribution in [0.25, 0.3) is 10.2 Å². The van der Waals surface area contributed by atoms with Gasteiger partial charge in [0.15, 0.2) is 5.13 Å². The summed E-state index contributed by atoms with van der Waals surface area (Å²) in [6.07, 6.45) is 0. The van der Waals surface area contributed by atoms with Gasteiger partial charge in [-0.2, -0.15) is 0 Å². The Bertz CT molecular complexity index is 1050. The normalized spacial score (nSPS) is 14.8. The Morgan fingerprint density at radius 3 is 2.87 bits per heavy atom. The third kappa shape index (κ3) is 4.59. The van der Waals surface area contributed by atoms with E-state index in [0.717, 1.165) is 48.6 Å². The highest BCUT2D eigenvalue weighted by Crippen LogP contribution is 2.33.